The van der Waals surface area contributed by atoms with Crippen molar-refractivity contribution in [1.82, 2.24) is 10.8 Å². The van der Waals surface area contributed by atoms with Gasteiger partial charge in [0.05, 0.1) is 13.2 Å². The summed E-state index contributed by atoms with van der Waals surface area (Å²) >= 11 is 0. The fourth-order valence-corrected chi connectivity index (χ4v) is 3.08. The van der Waals surface area contributed by atoms with Crippen LogP contribution in [0.25, 0.3) is 6.08 Å². The number of carbonyl (C=O) groups is 2. The minimum absolute atomic E-state index is 0.0293. The fraction of sp³-hybridized carbons (Fsp3) is 0.200. The molecule has 0 aromatic heterocycles. The second-order valence-electron chi connectivity index (χ2n) is 6.06. The zero-order valence-electron chi connectivity index (χ0n) is 14.4. The van der Waals surface area contributed by atoms with E-state index in [1.54, 1.807) is 42.9 Å². The van der Waals surface area contributed by atoms with Gasteiger partial charge in [0.1, 0.15) is 5.75 Å². The number of hydrogen-bond acceptors (Lipinski definition) is 4. The van der Waals surface area contributed by atoms with E-state index in [0.29, 0.717) is 11.3 Å². The van der Waals surface area contributed by atoms with Crippen molar-refractivity contribution in [2.75, 3.05) is 7.11 Å². The maximum atomic E-state index is 12.5. The van der Waals surface area contributed by atoms with Crippen LogP contribution in [0, 0.1) is 0 Å². The lowest BCUT2D eigenvalue weighted by molar-refractivity contribution is -0.124. The topological polar surface area (TPSA) is 87.7 Å². The van der Waals surface area contributed by atoms with E-state index in [0.717, 1.165) is 29.5 Å². The average Bonchev–Trinajstić information content (AvgIpc) is 3.08. The number of aryl methyl sites for hydroxylation is 1. The largest absolute Gasteiger partial charge is 0.497 e. The number of carbonyl (C=O) groups excluding carboxylic acids is 2. The Balaban J connectivity index is 1.70. The van der Waals surface area contributed by atoms with Crippen LogP contribution in [0.2, 0.25) is 0 Å². The lowest BCUT2D eigenvalue weighted by Crippen LogP contribution is -2.27. The normalized spacial score (nSPS) is 15.5. The summed E-state index contributed by atoms with van der Waals surface area (Å²) in [5.41, 5.74) is 5.26. The van der Waals surface area contributed by atoms with Crippen molar-refractivity contribution in [2.45, 2.75) is 18.9 Å². The zero-order chi connectivity index (χ0) is 18.5. The Kier molecular flexibility index (Phi) is 5.34. The second kappa shape index (κ2) is 7.84. The van der Waals surface area contributed by atoms with Crippen molar-refractivity contribution < 1.29 is 19.5 Å². The first kappa shape index (κ1) is 17.7. The lowest BCUT2D eigenvalue weighted by Gasteiger charge is -2.14. The summed E-state index contributed by atoms with van der Waals surface area (Å²) in [7, 11) is 1.59. The Morgan fingerprint density at radius 2 is 1.96 bits per heavy atom. The molecular weight excluding hydrogens is 332 g/mol. The lowest BCUT2D eigenvalue weighted by atomic mass is 10.0. The first-order valence-electron chi connectivity index (χ1n) is 8.30. The van der Waals surface area contributed by atoms with Gasteiger partial charge in [-0.2, -0.15) is 0 Å². The summed E-state index contributed by atoms with van der Waals surface area (Å²) < 4.78 is 5.11. The number of benzene rings is 2. The molecule has 3 N–H and O–H groups in total. The highest BCUT2D eigenvalue weighted by Crippen LogP contribution is 2.32. The molecule has 0 spiro atoms. The van der Waals surface area contributed by atoms with Crippen molar-refractivity contribution >= 4 is 17.9 Å². The molecule has 26 heavy (non-hydrogen) atoms. The van der Waals surface area contributed by atoms with Gasteiger partial charge in [-0.25, -0.2) is 5.48 Å². The van der Waals surface area contributed by atoms with E-state index >= 15 is 0 Å². The van der Waals surface area contributed by atoms with Gasteiger partial charge in [-0.1, -0.05) is 18.2 Å². The number of fused-ring (bicyclic) bond motifs is 1. The third-order valence-electron chi connectivity index (χ3n) is 4.44. The Hall–Kier alpha value is -3.12. The molecule has 0 saturated heterocycles. The van der Waals surface area contributed by atoms with Gasteiger partial charge in [-0.05, 0) is 59.9 Å². The van der Waals surface area contributed by atoms with E-state index in [9.17, 15) is 9.59 Å². The maximum Gasteiger partial charge on any atom is 0.267 e. The Morgan fingerprint density at radius 1 is 1.19 bits per heavy atom. The zero-order valence-corrected chi connectivity index (χ0v) is 14.4. The average molecular weight is 352 g/mol. The van der Waals surface area contributed by atoms with Crippen LogP contribution in [-0.4, -0.2) is 24.1 Å². The molecule has 0 bridgehead atoms. The molecule has 3 rings (SSSR count). The highest BCUT2D eigenvalue weighted by molar-refractivity contribution is 5.94. The van der Waals surface area contributed by atoms with Gasteiger partial charge in [0.25, 0.3) is 11.8 Å². The van der Waals surface area contributed by atoms with E-state index in [-0.39, 0.29) is 11.9 Å². The molecule has 0 fully saturated rings. The third-order valence-corrected chi connectivity index (χ3v) is 4.44. The first-order valence-corrected chi connectivity index (χ1v) is 8.30. The molecule has 1 aliphatic carbocycles. The Bertz CT molecular complexity index is 843. The van der Waals surface area contributed by atoms with Gasteiger partial charge < -0.3 is 10.1 Å². The molecule has 2 aromatic rings. The Labute approximate surface area is 151 Å². The summed E-state index contributed by atoms with van der Waals surface area (Å²) in [6.45, 7) is 0. The number of hydrogen-bond donors (Lipinski definition) is 3. The van der Waals surface area contributed by atoms with Crippen LogP contribution in [-0.2, 0) is 11.2 Å². The highest BCUT2D eigenvalue weighted by atomic mass is 16.5. The molecule has 1 atom stereocenters. The van der Waals surface area contributed by atoms with Crippen LogP contribution in [0.1, 0.15) is 39.5 Å². The van der Waals surface area contributed by atoms with Crippen LogP contribution in [0.3, 0.4) is 0 Å². The molecule has 6 heteroatoms. The molecule has 0 radical (unpaired) electrons. The van der Waals surface area contributed by atoms with E-state index in [1.165, 1.54) is 6.08 Å². The number of methoxy groups -OCH3 is 1. The van der Waals surface area contributed by atoms with Crippen molar-refractivity contribution in [3.63, 3.8) is 0 Å². The van der Waals surface area contributed by atoms with E-state index in [4.69, 9.17) is 9.94 Å². The second-order valence-corrected chi connectivity index (χ2v) is 6.06. The number of nitrogens with one attached hydrogen (secondary N) is 2. The van der Waals surface area contributed by atoms with Gasteiger partial charge in [0.15, 0.2) is 0 Å². The maximum absolute atomic E-state index is 12.5. The molecule has 1 unspecified atom stereocenters. The van der Waals surface area contributed by atoms with E-state index < -0.39 is 5.91 Å². The molecule has 1 aliphatic rings. The molecule has 0 saturated carbocycles. The number of rotatable bonds is 5. The monoisotopic (exact) mass is 352 g/mol. The standard InChI is InChI=1S/C20H20N2O4/c1-26-16-7-4-14(5-8-16)20(24)21-18-10-6-15-12-13(2-9-17(15)18)3-11-19(23)22-25/h2-5,7-9,11-12,18,25H,6,10H2,1H3,(H,21,24)(H,22,23)/b11-3+. The first-order chi connectivity index (χ1) is 12.6. The molecule has 6 nitrogen and oxygen atoms in total. The fourth-order valence-electron chi connectivity index (χ4n) is 3.08. The van der Waals surface area contributed by atoms with Crippen LogP contribution in [0.5, 0.6) is 5.75 Å². The van der Waals surface area contributed by atoms with Gasteiger partial charge in [0.2, 0.25) is 0 Å². The van der Waals surface area contributed by atoms with Crippen molar-refractivity contribution in [2.24, 2.45) is 0 Å². The summed E-state index contributed by atoms with van der Waals surface area (Å²) in [5.74, 6) is 0.0208. The minimum atomic E-state index is -0.574. The van der Waals surface area contributed by atoms with Crippen LogP contribution >= 0.6 is 0 Å². The molecular formula is C20H20N2O4. The smallest absolute Gasteiger partial charge is 0.267 e. The molecule has 2 amide bonds. The predicted octanol–water partition coefficient (Wildman–Crippen LogP) is 2.63. The molecule has 2 aromatic carbocycles. The summed E-state index contributed by atoms with van der Waals surface area (Å²) in [5, 5.41) is 11.6. The van der Waals surface area contributed by atoms with Crippen LogP contribution in [0.4, 0.5) is 0 Å². The van der Waals surface area contributed by atoms with E-state index in [2.05, 4.69) is 5.32 Å². The van der Waals surface area contributed by atoms with E-state index in [1.807, 2.05) is 18.2 Å². The van der Waals surface area contributed by atoms with Crippen LogP contribution in [0.15, 0.2) is 48.5 Å². The number of ether oxygens (including phenoxy) is 1. The highest BCUT2D eigenvalue weighted by Gasteiger charge is 2.24. The van der Waals surface area contributed by atoms with Crippen molar-refractivity contribution in [3.8, 4) is 5.75 Å². The predicted molar refractivity (Wildman–Crippen MR) is 96.9 cm³/mol. The third kappa shape index (κ3) is 3.92. The molecule has 0 heterocycles. The SMILES string of the molecule is COc1ccc(C(=O)NC2CCc3cc(/C=C/C(=O)NO)ccc32)cc1. The quantitative estimate of drug-likeness (QED) is 0.438. The molecule has 134 valence electrons. The summed E-state index contributed by atoms with van der Waals surface area (Å²) in [4.78, 5) is 23.5. The summed E-state index contributed by atoms with van der Waals surface area (Å²) in [6.07, 6.45) is 4.59. The van der Waals surface area contributed by atoms with Gasteiger partial charge in [0, 0.05) is 11.6 Å². The Morgan fingerprint density at radius 3 is 2.65 bits per heavy atom. The molecule has 0 aliphatic heterocycles. The van der Waals surface area contributed by atoms with Gasteiger partial charge in [-0.15, -0.1) is 0 Å². The van der Waals surface area contributed by atoms with Crippen LogP contribution < -0.4 is 15.5 Å². The van der Waals surface area contributed by atoms with Gasteiger partial charge in [-0.3, -0.25) is 14.8 Å². The van der Waals surface area contributed by atoms with Crippen molar-refractivity contribution in [1.29, 1.82) is 0 Å². The van der Waals surface area contributed by atoms with Gasteiger partial charge >= 0.3 is 0 Å². The number of amides is 2. The minimum Gasteiger partial charge on any atom is -0.497 e. The number of hydroxylamine groups is 1. The van der Waals surface area contributed by atoms with Crippen molar-refractivity contribution in [3.05, 3.63) is 70.8 Å². The summed E-state index contributed by atoms with van der Waals surface area (Å²) in [6, 6.07) is 12.8.